The van der Waals surface area contributed by atoms with Crippen LogP contribution in [-0.2, 0) is 0 Å². The molecule has 1 rings (SSSR count). The first-order chi connectivity index (χ1) is 8.28. The van der Waals surface area contributed by atoms with E-state index < -0.39 is 18.6 Å². The Hall–Kier alpha value is -1.14. The highest BCUT2D eigenvalue weighted by molar-refractivity contribution is 5.19. The van der Waals surface area contributed by atoms with Crippen LogP contribution >= 0.6 is 0 Å². The van der Waals surface area contributed by atoms with Crippen molar-refractivity contribution in [1.82, 2.24) is 4.90 Å². The van der Waals surface area contributed by atoms with E-state index in [-0.39, 0.29) is 12.4 Å². The second-order valence-electron chi connectivity index (χ2n) is 4.29. The van der Waals surface area contributed by atoms with Crippen LogP contribution in [0.5, 0.6) is 0 Å². The summed E-state index contributed by atoms with van der Waals surface area (Å²) >= 11 is 0. The lowest BCUT2D eigenvalue weighted by Crippen LogP contribution is -2.31. The van der Waals surface area contributed by atoms with Gasteiger partial charge in [0.1, 0.15) is 5.82 Å². The zero-order valence-corrected chi connectivity index (χ0v) is 10.0. The summed E-state index contributed by atoms with van der Waals surface area (Å²) < 4.78 is 48.8. The molecule has 1 atom stereocenters. The summed E-state index contributed by atoms with van der Waals surface area (Å²) in [4.78, 5) is 1.52. The average molecular weight is 264 g/mol. The quantitative estimate of drug-likeness (QED) is 0.828. The van der Waals surface area contributed by atoms with E-state index in [1.165, 1.54) is 29.2 Å². The largest absolute Gasteiger partial charge is 0.390 e. The van der Waals surface area contributed by atoms with Gasteiger partial charge in [0.25, 0.3) is 0 Å². The number of likely N-dealkylation sites (N-methyl/N-ethyl adjacent to an activating group) is 1. The summed E-state index contributed by atoms with van der Waals surface area (Å²) in [6, 6.07) is 5.22. The Labute approximate surface area is 103 Å². The van der Waals surface area contributed by atoms with Crippen LogP contribution in [0.2, 0.25) is 0 Å². The van der Waals surface area contributed by atoms with E-state index in [9.17, 15) is 17.6 Å². The third-order valence-corrected chi connectivity index (χ3v) is 2.58. The molecule has 0 amide bonds. The summed E-state index contributed by atoms with van der Waals surface area (Å²) in [6.45, 7) is 0.195. The molecule has 0 fully saturated rings. The molecule has 0 aliphatic rings. The highest BCUT2D eigenvalue weighted by Gasteiger charge is 2.27. The molecule has 102 valence electrons. The van der Waals surface area contributed by atoms with Crippen molar-refractivity contribution < 1.29 is 17.6 Å². The van der Waals surface area contributed by atoms with Crippen LogP contribution in [0.3, 0.4) is 0 Å². The van der Waals surface area contributed by atoms with Gasteiger partial charge in [0.15, 0.2) is 0 Å². The van der Waals surface area contributed by atoms with Gasteiger partial charge in [-0.05, 0) is 24.7 Å². The fourth-order valence-electron chi connectivity index (χ4n) is 1.56. The van der Waals surface area contributed by atoms with Crippen LogP contribution in [0, 0.1) is 5.82 Å². The van der Waals surface area contributed by atoms with Gasteiger partial charge in [-0.2, -0.15) is 13.2 Å². The molecule has 1 unspecified atom stereocenters. The maximum atomic E-state index is 12.7. The maximum Gasteiger partial charge on any atom is 0.390 e. The normalized spacial score (nSPS) is 13.9. The summed E-state index contributed by atoms with van der Waals surface area (Å²) in [5.74, 6) is -0.364. The second kappa shape index (κ2) is 6.15. The number of halogens is 4. The fraction of sp³-hybridized carbons (Fsp3) is 0.500. The lowest BCUT2D eigenvalue weighted by atomic mass is 10.1. The van der Waals surface area contributed by atoms with Crippen LogP contribution < -0.4 is 5.73 Å². The van der Waals surface area contributed by atoms with Crippen molar-refractivity contribution in [3.63, 3.8) is 0 Å². The number of rotatable bonds is 5. The molecule has 0 heterocycles. The third-order valence-electron chi connectivity index (χ3n) is 2.58. The summed E-state index contributed by atoms with van der Waals surface area (Å²) in [5, 5.41) is 0. The van der Waals surface area contributed by atoms with Crippen LogP contribution in [0.1, 0.15) is 18.0 Å². The van der Waals surface area contributed by atoms with E-state index in [1.54, 1.807) is 7.05 Å². The monoisotopic (exact) mass is 264 g/mol. The minimum Gasteiger partial charge on any atom is -0.323 e. The summed E-state index contributed by atoms with van der Waals surface area (Å²) in [6.07, 6.45) is -5.02. The fourth-order valence-corrected chi connectivity index (χ4v) is 1.56. The van der Waals surface area contributed by atoms with E-state index >= 15 is 0 Å². The van der Waals surface area contributed by atoms with Crippen LogP contribution in [0.4, 0.5) is 17.6 Å². The molecule has 0 aromatic heterocycles. The van der Waals surface area contributed by atoms with E-state index in [4.69, 9.17) is 5.73 Å². The Morgan fingerprint density at radius 2 is 1.78 bits per heavy atom. The molecule has 0 aliphatic carbocycles. The predicted octanol–water partition coefficient (Wildman–Crippen LogP) is 2.71. The Kier molecular flexibility index (Phi) is 5.10. The Morgan fingerprint density at radius 3 is 2.28 bits per heavy atom. The first-order valence-electron chi connectivity index (χ1n) is 5.54. The van der Waals surface area contributed by atoms with Crippen LogP contribution in [0.25, 0.3) is 0 Å². The minimum atomic E-state index is -4.16. The van der Waals surface area contributed by atoms with Crippen molar-refractivity contribution in [3.8, 4) is 0 Å². The van der Waals surface area contributed by atoms with Gasteiger partial charge in [-0.25, -0.2) is 4.39 Å². The zero-order chi connectivity index (χ0) is 13.8. The number of alkyl halides is 3. The predicted molar refractivity (Wildman–Crippen MR) is 61.5 cm³/mol. The van der Waals surface area contributed by atoms with Crippen molar-refractivity contribution >= 4 is 0 Å². The average Bonchev–Trinajstić information content (AvgIpc) is 2.26. The Morgan fingerprint density at radius 1 is 1.22 bits per heavy atom. The number of hydrogen-bond acceptors (Lipinski definition) is 2. The molecule has 6 heteroatoms. The molecular formula is C12H16F4N2. The number of nitrogens with zero attached hydrogens (tertiary/aromatic N) is 1. The Bertz CT molecular complexity index is 361. The highest BCUT2D eigenvalue weighted by atomic mass is 19.4. The lowest BCUT2D eigenvalue weighted by molar-refractivity contribution is -0.137. The van der Waals surface area contributed by atoms with E-state index in [1.807, 2.05) is 0 Å². The van der Waals surface area contributed by atoms with Gasteiger partial charge in [-0.3, -0.25) is 0 Å². The zero-order valence-electron chi connectivity index (χ0n) is 10.0. The van der Waals surface area contributed by atoms with Gasteiger partial charge in [0.2, 0.25) is 0 Å². The molecule has 0 radical (unpaired) electrons. The van der Waals surface area contributed by atoms with Crippen molar-refractivity contribution in [2.45, 2.75) is 18.6 Å². The molecule has 0 saturated carbocycles. The van der Waals surface area contributed by atoms with Gasteiger partial charge >= 0.3 is 6.18 Å². The molecule has 2 nitrogen and oxygen atoms in total. The Balaban J connectivity index is 2.44. The number of hydrogen-bond donors (Lipinski definition) is 1. The molecule has 1 aromatic rings. The van der Waals surface area contributed by atoms with Gasteiger partial charge in [0, 0.05) is 19.1 Å². The molecule has 0 bridgehead atoms. The van der Waals surface area contributed by atoms with E-state index in [2.05, 4.69) is 0 Å². The van der Waals surface area contributed by atoms with Gasteiger partial charge in [0.05, 0.1) is 6.42 Å². The molecule has 1 aromatic carbocycles. The van der Waals surface area contributed by atoms with Crippen molar-refractivity contribution in [1.29, 1.82) is 0 Å². The van der Waals surface area contributed by atoms with Crippen molar-refractivity contribution in [2.24, 2.45) is 5.73 Å². The van der Waals surface area contributed by atoms with Crippen LogP contribution in [-0.4, -0.2) is 31.2 Å². The molecular weight excluding hydrogens is 248 g/mol. The second-order valence-corrected chi connectivity index (χ2v) is 4.29. The molecule has 18 heavy (non-hydrogen) atoms. The molecule has 0 saturated heterocycles. The first kappa shape index (κ1) is 14.9. The van der Waals surface area contributed by atoms with E-state index in [0.29, 0.717) is 12.1 Å². The smallest absolute Gasteiger partial charge is 0.323 e. The number of benzene rings is 1. The summed E-state index contributed by atoms with van der Waals surface area (Å²) in [5.41, 5.74) is 6.54. The minimum absolute atomic E-state index is 0.0988. The number of nitrogens with two attached hydrogens (primary N) is 1. The van der Waals surface area contributed by atoms with Crippen molar-refractivity contribution in [3.05, 3.63) is 35.6 Å². The molecule has 0 spiro atoms. The van der Waals surface area contributed by atoms with E-state index in [0.717, 1.165) is 0 Å². The van der Waals surface area contributed by atoms with Gasteiger partial charge in [-0.15, -0.1) is 0 Å². The first-order valence-corrected chi connectivity index (χ1v) is 5.54. The third kappa shape index (κ3) is 5.46. The van der Waals surface area contributed by atoms with Crippen molar-refractivity contribution in [2.75, 3.05) is 20.1 Å². The van der Waals surface area contributed by atoms with Gasteiger partial charge < -0.3 is 10.6 Å². The highest BCUT2D eigenvalue weighted by Crippen LogP contribution is 2.20. The maximum absolute atomic E-state index is 12.7. The molecule has 0 aliphatic heterocycles. The van der Waals surface area contributed by atoms with Crippen LogP contribution in [0.15, 0.2) is 24.3 Å². The topological polar surface area (TPSA) is 29.3 Å². The lowest BCUT2D eigenvalue weighted by Gasteiger charge is -2.22. The standard InChI is InChI=1S/C12H16F4N2/c1-18(7-6-12(14,15)16)8-11(17)9-2-4-10(13)5-3-9/h2-5,11H,6-8,17H2,1H3. The SMILES string of the molecule is CN(CCC(F)(F)F)CC(N)c1ccc(F)cc1. The van der Waals surface area contributed by atoms with Gasteiger partial charge in [-0.1, -0.05) is 12.1 Å². The molecule has 2 N–H and O–H groups in total. The summed E-state index contributed by atoms with van der Waals surface area (Å²) in [7, 11) is 1.58.